The molecule has 3 aromatic carbocycles. The lowest BCUT2D eigenvalue weighted by atomic mass is 9.95. The Bertz CT molecular complexity index is 1730. The average Bonchev–Trinajstić information content (AvgIpc) is 3.37. The summed E-state index contributed by atoms with van der Waals surface area (Å²) in [4.78, 5) is 31.0. The molecule has 0 aliphatic heterocycles. The number of carbonyl (C=O) groups excluding carboxylic acids is 2. The van der Waals surface area contributed by atoms with E-state index in [1.54, 1.807) is 63.2 Å². The van der Waals surface area contributed by atoms with Gasteiger partial charge in [-0.15, -0.1) is 11.3 Å². The number of primary amides is 1. The van der Waals surface area contributed by atoms with Crippen LogP contribution in [0.15, 0.2) is 65.6 Å². The van der Waals surface area contributed by atoms with Gasteiger partial charge in [0.1, 0.15) is 0 Å². The highest BCUT2D eigenvalue weighted by molar-refractivity contribution is 7.89. The zero-order valence-electron chi connectivity index (χ0n) is 23.4. The Morgan fingerprint density at radius 1 is 0.951 bits per heavy atom. The first-order chi connectivity index (χ1) is 19.4. The fourth-order valence-corrected chi connectivity index (χ4v) is 7.93. The number of carbonyl (C=O) groups is 2. The first-order valence-corrected chi connectivity index (χ1v) is 16.0. The average molecular weight is 591 g/mol. The minimum Gasteiger partial charge on any atom is -0.366 e. The van der Waals surface area contributed by atoms with Crippen LogP contribution >= 0.6 is 11.3 Å². The minimum absolute atomic E-state index is 0.117. The predicted molar refractivity (Wildman–Crippen MR) is 163 cm³/mol. The van der Waals surface area contributed by atoms with Crippen LogP contribution in [0, 0.1) is 0 Å². The van der Waals surface area contributed by atoms with Gasteiger partial charge in [-0.1, -0.05) is 61.7 Å². The van der Waals surface area contributed by atoms with Crippen molar-refractivity contribution >= 4 is 43.9 Å². The van der Waals surface area contributed by atoms with Gasteiger partial charge in [-0.05, 0) is 57.2 Å². The Morgan fingerprint density at radius 3 is 2.34 bits per heavy atom. The van der Waals surface area contributed by atoms with Crippen molar-refractivity contribution in [3.05, 3.63) is 71.2 Å². The monoisotopic (exact) mass is 590 g/mol. The molecule has 1 fully saturated rings. The van der Waals surface area contributed by atoms with Crippen LogP contribution in [-0.4, -0.2) is 36.8 Å². The number of benzene rings is 3. The lowest BCUT2D eigenvalue weighted by Gasteiger charge is -2.22. The molecule has 1 heterocycles. The number of nitrogens with one attached hydrogen (secondary N) is 2. The van der Waals surface area contributed by atoms with Crippen molar-refractivity contribution in [1.29, 1.82) is 0 Å². The summed E-state index contributed by atoms with van der Waals surface area (Å²) in [6.45, 7) is 5.39. The van der Waals surface area contributed by atoms with Crippen molar-refractivity contribution in [1.82, 2.24) is 15.0 Å². The fourth-order valence-electron chi connectivity index (χ4n) is 5.27. The van der Waals surface area contributed by atoms with E-state index in [9.17, 15) is 18.0 Å². The number of fused-ring (bicyclic) bond motifs is 1. The Hall–Kier alpha value is -3.60. The van der Waals surface area contributed by atoms with Crippen LogP contribution in [-0.2, 0) is 10.0 Å². The molecule has 0 bridgehead atoms. The molecular formula is C31H34N4O4S2. The molecular weight excluding hydrogens is 556 g/mol. The maximum Gasteiger partial charge on any atom is 0.280 e. The van der Waals surface area contributed by atoms with E-state index in [1.807, 2.05) is 18.2 Å². The number of nitrogens with zero attached hydrogens (tertiary/aromatic N) is 1. The van der Waals surface area contributed by atoms with Crippen molar-refractivity contribution in [2.75, 3.05) is 0 Å². The van der Waals surface area contributed by atoms with Gasteiger partial charge >= 0.3 is 0 Å². The van der Waals surface area contributed by atoms with Gasteiger partial charge < -0.3 is 11.1 Å². The molecule has 0 spiro atoms. The second-order valence-electron chi connectivity index (χ2n) is 11.5. The molecule has 2 amide bonds. The largest absolute Gasteiger partial charge is 0.366 e. The number of hydrogen-bond acceptors (Lipinski definition) is 6. The molecule has 1 aliphatic carbocycles. The number of rotatable bonds is 7. The molecule has 0 atom stereocenters. The van der Waals surface area contributed by atoms with E-state index >= 15 is 0 Å². The fraction of sp³-hybridized carbons (Fsp3) is 0.323. The van der Waals surface area contributed by atoms with Crippen molar-refractivity contribution in [3.8, 4) is 21.7 Å². The van der Waals surface area contributed by atoms with E-state index in [2.05, 4.69) is 10.0 Å². The second kappa shape index (κ2) is 11.3. The van der Waals surface area contributed by atoms with Crippen molar-refractivity contribution < 1.29 is 18.0 Å². The molecule has 10 heteroatoms. The highest BCUT2D eigenvalue weighted by Crippen LogP contribution is 2.42. The van der Waals surface area contributed by atoms with Gasteiger partial charge in [0.15, 0.2) is 5.01 Å². The Morgan fingerprint density at radius 2 is 1.66 bits per heavy atom. The zero-order chi connectivity index (χ0) is 29.4. The van der Waals surface area contributed by atoms with Crippen LogP contribution in [0.1, 0.15) is 73.0 Å². The molecule has 1 saturated carbocycles. The molecule has 41 heavy (non-hydrogen) atoms. The van der Waals surface area contributed by atoms with Crippen LogP contribution < -0.4 is 15.8 Å². The molecule has 8 nitrogen and oxygen atoms in total. The van der Waals surface area contributed by atoms with Gasteiger partial charge in [-0.3, -0.25) is 9.59 Å². The molecule has 0 unspecified atom stereocenters. The number of thiazole rings is 1. The van der Waals surface area contributed by atoms with Crippen LogP contribution in [0.2, 0.25) is 0 Å². The standard InChI is InChI=1S/C31H34N4O4S2/c1-31(2,3)35-41(38,39)25-17-16-24(22-14-7-8-15-23(22)25)27-26(19-10-9-11-20(18-19)28(32)36)34-30(40-27)29(37)33-21-12-5-4-6-13-21/h7-11,14-18,21,35H,4-6,12-13H2,1-3H3,(H2,32,36)(H,33,37). The first-order valence-electron chi connectivity index (χ1n) is 13.7. The maximum atomic E-state index is 13.4. The molecule has 1 aliphatic rings. The van der Waals surface area contributed by atoms with Crippen molar-refractivity contribution in [3.63, 3.8) is 0 Å². The van der Waals surface area contributed by atoms with E-state index in [0.717, 1.165) is 31.2 Å². The lowest BCUT2D eigenvalue weighted by Crippen LogP contribution is -2.40. The van der Waals surface area contributed by atoms with E-state index in [4.69, 9.17) is 10.7 Å². The highest BCUT2D eigenvalue weighted by atomic mass is 32.2. The molecule has 4 aromatic rings. The second-order valence-corrected chi connectivity index (χ2v) is 14.1. The number of nitrogens with two attached hydrogens (primary N) is 1. The molecule has 5 rings (SSSR count). The van der Waals surface area contributed by atoms with Crippen LogP contribution in [0.5, 0.6) is 0 Å². The third-order valence-corrected chi connectivity index (χ3v) is 9.94. The highest BCUT2D eigenvalue weighted by Gasteiger charge is 2.27. The normalized spacial score (nSPS) is 14.7. The van der Waals surface area contributed by atoms with Crippen LogP contribution in [0.4, 0.5) is 0 Å². The van der Waals surface area contributed by atoms with Crippen LogP contribution in [0.3, 0.4) is 0 Å². The quantitative estimate of drug-likeness (QED) is 0.248. The third kappa shape index (κ3) is 6.34. The molecule has 1 aromatic heterocycles. The summed E-state index contributed by atoms with van der Waals surface area (Å²) in [5, 5.41) is 4.71. The van der Waals surface area contributed by atoms with E-state index in [0.29, 0.717) is 37.5 Å². The van der Waals surface area contributed by atoms with E-state index in [-0.39, 0.29) is 16.8 Å². The number of sulfonamides is 1. The van der Waals surface area contributed by atoms with Gasteiger partial charge in [-0.25, -0.2) is 18.1 Å². The van der Waals surface area contributed by atoms with E-state index < -0.39 is 21.5 Å². The maximum absolute atomic E-state index is 13.4. The van der Waals surface area contributed by atoms with Crippen molar-refractivity contribution in [2.45, 2.75) is 69.4 Å². The molecule has 4 N–H and O–H groups in total. The number of hydrogen-bond donors (Lipinski definition) is 3. The summed E-state index contributed by atoms with van der Waals surface area (Å²) < 4.78 is 29.5. The van der Waals surface area contributed by atoms with E-state index in [1.165, 1.54) is 17.8 Å². The summed E-state index contributed by atoms with van der Waals surface area (Å²) in [6.07, 6.45) is 5.24. The summed E-state index contributed by atoms with van der Waals surface area (Å²) in [7, 11) is -3.82. The van der Waals surface area contributed by atoms with Gasteiger partial charge in [0.05, 0.1) is 15.5 Å². The SMILES string of the molecule is CC(C)(C)NS(=O)(=O)c1ccc(-c2sc(C(=O)NC3CCCCC3)nc2-c2cccc(C(N)=O)c2)c2ccccc12. The Kier molecular flexibility index (Phi) is 8.00. The number of amides is 2. The topological polar surface area (TPSA) is 131 Å². The molecule has 0 saturated heterocycles. The summed E-state index contributed by atoms with van der Waals surface area (Å²) in [5.41, 5.74) is 7.14. The van der Waals surface area contributed by atoms with Gasteiger partial charge in [0.2, 0.25) is 15.9 Å². The van der Waals surface area contributed by atoms with Gasteiger partial charge in [-0.2, -0.15) is 0 Å². The van der Waals surface area contributed by atoms with Crippen molar-refractivity contribution in [2.24, 2.45) is 5.73 Å². The summed E-state index contributed by atoms with van der Waals surface area (Å²) in [5.74, 6) is -0.802. The Balaban J connectivity index is 1.67. The predicted octanol–water partition coefficient (Wildman–Crippen LogP) is 5.87. The molecule has 214 valence electrons. The molecule has 0 radical (unpaired) electrons. The lowest BCUT2D eigenvalue weighted by molar-refractivity contribution is 0.0926. The third-order valence-electron chi connectivity index (χ3n) is 7.04. The zero-order valence-corrected chi connectivity index (χ0v) is 25.0. The smallest absolute Gasteiger partial charge is 0.280 e. The first kappa shape index (κ1) is 28.9. The van der Waals surface area contributed by atoms with Gasteiger partial charge in [0, 0.05) is 33.7 Å². The summed E-state index contributed by atoms with van der Waals surface area (Å²) >= 11 is 1.25. The van der Waals surface area contributed by atoms with Crippen LogP contribution in [0.25, 0.3) is 32.5 Å². The minimum atomic E-state index is -3.82. The Labute approximate surface area is 244 Å². The number of aromatic nitrogens is 1. The van der Waals surface area contributed by atoms with Gasteiger partial charge in [0.25, 0.3) is 5.91 Å². The summed E-state index contributed by atoms with van der Waals surface area (Å²) in [6, 6.07) is 17.6.